The zero-order valence-corrected chi connectivity index (χ0v) is 14.7. The van der Waals surface area contributed by atoms with Crippen molar-refractivity contribution in [1.29, 1.82) is 0 Å². The van der Waals surface area contributed by atoms with Crippen molar-refractivity contribution in [2.75, 3.05) is 18.8 Å². The molecule has 0 aliphatic carbocycles. The molecule has 0 spiro atoms. The number of benzene rings is 2. The first-order chi connectivity index (χ1) is 11.9. The number of nitrogens with zero attached hydrogens (tertiary/aromatic N) is 1. The molecular formula is C18H22FN3O2S. The molecule has 1 atom stereocenters. The molecule has 0 bridgehead atoms. The van der Waals surface area contributed by atoms with Crippen LogP contribution < -0.4 is 10.5 Å². The lowest BCUT2D eigenvalue weighted by molar-refractivity contribution is 0.194. The maximum absolute atomic E-state index is 13.3. The number of anilines is 1. The molecule has 0 radical (unpaired) electrons. The van der Waals surface area contributed by atoms with E-state index in [1.807, 2.05) is 24.3 Å². The van der Waals surface area contributed by atoms with Crippen LogP contribution in [0, 0.1) is 5.82 Å². The molecule has 3 N–H and O–H groups in total. The van der Waals surface area contributed by atoms with Crippen molar-refractivity contribution in [3.8, 4) is 0 Å². The van der Waals surface area contributed by atoms with E-state index in [0.717, 1.165) is 43.2 Å². The van der Waals surface area contributed by atoms with Crippen molar-refractivity contribution in [3.63, 3.8) is 0 Å². The average molecular weight is 363 g/mol. The normalized spacial score (nSPS) is 19.0. The molecule has 5 nitrogen and oxygen atoms in total. The number of sulfonamides is 1. The Balaban J connectivity index is 1.65. The highest BCUT2D eigenvalue weighted by molar-refractivity contribution is 7.89. The van der Waals surface area contributed by atoms with Crippen LogP contribution in [-0.2, 0) is 16.6 Å². The van der Waals surface area contributed by atoms with Crippen LogP contribution in [-0.4, -0.2) is 32.4 Å². The van der Waals surface area contributed by atoms with E-state index in [-0.39, 0.29) is 10.9 Å². The molecular weight excluding hydrogens is 341 g/mol. The Morgan fingerprint density at radius 1 is 1.20 bits per heavy atom. The molecule has 3 rings (SSSR count). The van der Waals surface area contributed by atoms with Gasteiger partial charge in [0.25, 0.3) is 0 Å². The predicted octanol–water partition coefficient (Wildman–Crippen LogP) is 2.35. The monoisotopic (exact) mass is 363 g/mol. The summed E-state index contributed by atoms with van der Waals surface area (Å²) >= 11 is 0. The van der Waals surface area contributed by atoms with Gasteiger partial charge in [-0.1, -0.05) is 18.2 Å². The summed E-state index contributed by atoms with van der Waals surface area (Å²) in [6.45, 7) is 2.25. The molecule has 2 aromatic rings. The van der Waals surface area contributed by atoms with E-state index in [2.05, 4.69) is 9.62 Å². The number of hydrogen-bond acceptors (Lipinski definition) is 4. The predicted molar refractivity (Wildman–Crippen MR) is 95.9 cm³/mol. The van der Waals surface area contributed by atoms with Gasteiger partial charge in [0.15, 0.2) is 0 Å². The van der Waals surface area contributed by atoms with Crippen LogP contribution >= 0.6 is 0 Å². The number of hydrogen-bond donors (Lipinski definition) is 2. The van der Waals surface area contributed by atoms with E-state index in [4.69, 9.17) is 5.73 Å². The molecule has 0 saturated carbocycles. The lowest BCUT2D eigenvalue weighted by Gasteiger charge is -2.33. The van der Waals surface area contributed by atoms with Gasteiger partial charge in [0.2, 0.25) is 10.0 Å². The Kier molecular flexibility index (Phi) is 5.36. The summed E-state index contributed by atoms with van der Waals surface area (Å²) in [5, 5.41) is 0. The first-order valence-corrected chi connectivity index (χ1v) is 9.75. The smallest absolute Gasteiger partial charge is 0.240 e. The number of rotatable bonds is 5. The largest absolute Gasteiger partial charge is 0.399 e. The van der Waals surface area contributed by atoms with Crippen LogP contribution in [0.1, 0.15) is 18.4 Å². The molecule has 25 heavy (non-hydrogen) atoms. The van der Waals surface area contributed by atoms with E-state index in [0.29, 0.717) is 6.54 Å². The standard InChI is InChI=1S/C18H22FN3O2S/c19-15-5-2-8-18(11-15)25(23,24)21-17-7-3-9-22(13-17)12-14-4-1-6-16(20)10-14/h1-2,4-6,8,10-11,17,21H,3,7,9,12-13,20H2. The van der Waals surface area contributed by atoms with E-state index in [9.17, 15) is 12.8 Å². The molecule has 7 heteroatoms. The van der Waals surface area contributed by atoms with Crippen LogP contribution in [0.5, 0.6) is 0 Å². The first kappa shape index (κ1) is 17.8. The van der Waals surface area contributed by atoms with Gasteiger partial charge in [-0.3, -0.25) is 4.90 Å². The van der Waals surface area contributed by atoms with E-state index >= 15 is 0 Å². The number of likely N-dealkylation sites (tertiary alicyclic amines) is 1. The van der Waals surface area contributed by atoms with Gasteiger partial charge in [0.05, 0.1) is 4.90 Å². The number of nitrogens with two attached hydrogens (primary N) is 1. The summed E-state index contributed by atoms with van der Waals surface area (Å²) < 4.78 is 40.9. The van der Waals surface area contributed by atoms with Crippen molar-refractivity contribution < 1.29 is 12.8 Å². The van der Waals surface area contributed by atoms with Crippen LogP contribution in [0.25, 0.3) is 0 Å². The highest BCUT2D eigenvalue weighted by Crippen LogP contribution is 2.18. The second kappa shape index (κ2) is 7.51. The average Bonchev–Trinajstić information content (AvgIpc) is 2.55. The molecule has 2 aromatic carbocycles. The Hall–Kier alpha value is -1.96. The lowest BCUT2D eigenvalue weighted by atomic mass is 10.1. The molecule has 0 aromatic heterocycles. The van der Waals surface area contributed by atoms with E-state index in [1.54, 1.807) is 0 Å². The molecule has 134 valence electrons. The van der Waals surface area contributed by atoms with Crippen molar-refractivity contribution in [2.24, 2.45) is 0 Å². The molecule has 1 unspecified atom stereocenters. The Bertz CT molecular complexity index is 842. The quantitative estimate of drug-likeness (QED) is 0.800. The number of nitrogen functional groups attached to an aromatic ring is 1. The van der Waals surface area contributed by atoms with Gasteiger partial charge >= 0.3 is 0 Å². The van der Waals surface area contributed by atoms with Crippen molar-refractivity contribution >= 4 is 15.7 Å². The molecule has 1 heterocycles. The molecule has 1 saturated heterocycles. The highest BCUT2D eigenvalue weighted by atomic mass is 32.2. The zero-order valence-electron chi connectivity index (χ0n) is 13.9. The third kappa shape index (κ3) is 4.78. The van der Waals surface area contributed by atoms with E-state index < -0.39 is 15.8 Å². The van der Waals surface area contributed by atoms with Crippen LogP contribution in [0.3, 0.4) is 0 Å². The van der Waals surface area contributed by atoms with Gasteiger partial charge in [-0.05, 0) is 55.3 Å². The van der Waals surface area contributed by atoms with Crippen molar-refractivity contribution in [1.82, 2.24) is 9.62 Å². The second-order valence-electron chi connectivity index (χ2n) is 6.40. The van der Waals surface area contributed by atoms with Crippen LogP contribution in [0.2, 0.25) is 0 Å². The fraction of sp³-hybridized carbons (Fsp3) is 0.333. The summed E-state index contributed by atoms with van der Waals surface area (Å²) in [5.74, 6) is -0.560. The van der Waals surface area contributed by atoms with Gasteiger partial charge in [0.1, 0.15) is 5.82 Å². The third-order valence-electron chi connectivity index (χ3n) is 4.29. The molecule has 1 aliphatic rings. The SMILES string of the molecule is Nc1cccc(CN2CCCC(NS(=O)(=O)c3cccc(F)c3)C2)c1. The Morgan fingerprint density at radius 2 is 2.00 bits per heavy atom. The topological polar surface area (TPSA) is 75.4 Å². The minimum Gasteiger partial charge on any atom is -0.399 e. The molecule has 0 amide bonds. The maximum Gasteiger partial charge on any atom is 0.240 e. The third-order valence-corrected chi connectivity index (χ3v) is 5.81. The summed E-state index contributed by atoms with van der Waals surface area (Å²) in [5.41, 5.74) is 7.64. The fourth-order valence-corrected chi connectivity index (χ4v) is 4.46. The van der Waals surface area contributed by atoms with Gasteiger partial charge in [-0.15, -0.1) is 0 Å². The van der Waals surface area contributed by atoms with Crippen molar-refractivity contribution in [3.05, 3.63) is 59.9 Å². The van der Waals surface area contributed by atoms with Crippen LogP contribution in [0.4, 0.5) is 10.1 Å². The summed E-state index contributed by atoms with van der Waals surface area (Å²) in [7, 11) is -3.72. The minimum absolute atomic E-state index is 0.0412. The number of nitrogens with one attached hydrogen (secondary N) is 1. The van der Waals surface area contributed by atoms with Crippen molar-refractivity contribution in [2.45, 2.75) is 30.3 Å². The van der Waals surface area contributed by atoms with Gasteiger partial charge < -0.3 is 5.73 Å². The maximum atomic E-state index is 13.3. The van der Waals surface area contributed by atoms with E-state index in [1.165, 1.54) is 18.2 Å². The van der Waals surface area contributed by atoms with Gasteiger partial charge in [-0.25, -0.2) is 17.5 Å². The van der Waals surface area contributed by atoms with Gasteiger partial charge in [0, 0.05) is 24.8 Å². The second-order valence-corrected chi connectivity index (χ2v) is 8.11. The number of halogens is 1. The lowest BCUT2D eigenvalue weighted by Crippen LogP contribution is -2.47. The Labute approximate surface area is 147 Å². The highest BCUT2D eigenvalue weighted by Gasteiger charge is 2.25. The molecule has 1 aliphatic heterocycles. The minimum atomic E-state index is -3.72. The number of piperidine rings is 1. The van der Waals surface area contributed by atoms with Gasteiger partial charge in [-0.2, -0.15) is 0 Å². The summed E-state index contributed by atoms with van der Waals surface area (Å²) in [6, 6.07) is 12.6. The zero-order chi connectivity index (χ0) is 17.9. The Morgan fingerprint density at radius 3 is 2.76 bits per heavy atom. The van der Waals surface area contributed by atoms with Crippen LogP contribution in [0.15, 0.2) is 53.4 Å². The molecule has 1 fully saturated rings. The summed E-state index contributed by atoms with van der Waals surface area (Å²) in [6.07, 6.45) is 1.67. The first-order valence-electron chi connectivity index (χ1n) is 8.27. The summed E-state index contributed by atoms with van der Waals surface area (Å²) in [4.78, 5) is 2.16. The fourth-order valence-electron chi connectivity index (χ4n) is 3.17.